The molecule has 5 nitrogen and oxygen atoms in total. The lowest BCUT2D eigenvalue weighted by molar-refractivity contribution is 0.0915. The first-order valence-electron chi connectivity index (χ1n) is 12.7. The Bertz CT molecular complexity index is 1100. The van der Waals surface area contributed by atoms with E-state index in [1.165, 1.54) is 56.2 Å². The maximum Gasteiger partial charge on any atom is 0.251 e. The van der Waals surface area contributed by atoms with Crippen molar-refractivity contribution < 1.29 is 9.21 Å². The molecule has 2 aliphatic carbocycles. The molecule has 5 rings (SSSR count). The van der Waals surface area contributed by atoms with Crippen LogP contribution >= 0.6 is 0 Å². The van der Waals surface area contributed by atoms with Gasteiger partial charge in [-0.05, 0) is 100 Å². The number of nitriles is 1. The fraction of sp³-hybridized carbons (Fsp3) is 0.448. The third-order valence-corrected chi connectivity index (χ3v) is 7.73. The van der Waals surface area contributed by atoms with Gasteiger partial charge in [0.05, 0.1) is 17.9 Å². The molecule has 0 spiro atoms. The minimum atomic E-state index is -0.0312. The molecule has 1 aromatic carbocycles. The first-order chi connectivity index (χ1) is 16.7. The summed E-state index contributed by atoms with van der Waals surface area (Å²) >= 11 is 0. The van der Waals surface area contributed by atoms with Gasteiger partial charge < -0.3 is 9.73 Å². The average molecular weight is 456 g/mol. The van der Waals surface area contributed by atoms with Crippen LogP contribution in [0.3, 0.4) is 0 Å². The summed E-state index contributed by atoms with van der Waals surface area (Å²) in [5, 5.41) is 12.1. The van der Waals surface area contributed by atoms with Crippen LogP contribution in [-0.4, -0.2) is 29.9 Å². The lowest BCUT2D eigenvalue weighted by Crippen LogP contribution is -2.39. The van der Waals surface area contributed by atoms with Gasteiger partial charge in [0.15, 0.2) is 0 Å². The summed E-state index contributed by atoms with van der Waals surface area (Å²) in [7, 11) is 0. The number of rotatable bonds is 6. The van der Waals surface area contributed by atoms with Gasteiger partial charge in [-0.25, -0.2) is 0 Å². The van der Waals surface area contributed by atoms with Gasteiger partial charge in [-0.1, -0.05) is 18.6 Å². The van der Waals surface area contributed by atoms with Crippen LogP contribution in [0.25, 0.3) is 11.3 Å². The Labute approximate surface area is 202 Å². The van der Waals surface area contributed by atoms with Crippen LogP contribution in [0.2, 0.25) is 0 Å². The number of fused-ring (bicyclic) bond motifs is 1. The van der Waals surface area contributed by atoms with Gasteiger partial charge in [-0.3, -0.25) is 9.69 Å². The number of carbonyl (C=O) groups excluding carboxylic acids is 1. The lowest BCUT2D eigenvalue weighted by atomic mass is 9.83. The van der Waals surface area contributed by atoms with Gasteiger partial charge >= 0.3 is 0 Å². The van der Waals surface area contributed by atoms with Crippen molar-refractivity contribution in [3.8, 4) is 17.4 Å². The van der Waals surface area contributed by atoms with E-state index in [-0.39, 0.29) is 11.9 Å². The second kappa shape index (κ2) is 10.4. The molecule has 1 atom stereocenters. The van der Waals surface area contributed by atoms with Crippen LogP contribution in [0.4, 0.5) is 0 Å². The van der Waals surface area contributed by atoms with Crippen molar-refractivity contribution >= 4 is 5.91 Å². The second-order valence-corrected chi connectivity index (χ2v) is 9.94. The molecule has 5 heteroatoms. The maximum absolute atomic E-state index is 12.6. The molecule has 176 valence electrons. The first-order valence-corrected chi connectivity index (χ1v) is 12.7. The molecule has 2 heterocycles. The second-order valence-electron chi connectivity index (χ2n) is 9.94. The third-order valence-electron chi connectivity index (χ3n) is 7.73. The van der Waals surface area contributed by atoms with Crippen molar-refractivity contribution in [1.29, 1.82) is 5.26 Å². The molecule has 2 aliphatic heterocycles. The summed E-state index contributed by atoms with van der Waals surface area (Å²) in [4.78, 5) is 15.2. The number of hydrogen-bond acceptors (Lipinski definition) is 4. The fourth-order valence-corrected chi connectivity index (χ4v) is 5.71. The summed E-state index contributed by atoms with van der Waals surface area (Å²) < 4.78 is 5.89. The topological polar surface area (TPSA) is 69.3 Å². The molecule has 1 saturated carbocycles. The largest absolute Gasteiger partial charge is 0.464 e. The van der Waals surface area contributed by atoms with Crippen LogP contribution < -0.4 is 5.32 Å². The van der Waals surface area contributed by atoms with Gasteiger partial charge in [0.1, 0.15) is 5.76 Å². The number of piperidine rings is 1. The van der Waals surface area contributed by atoms with Crippen LogP contribution in [0.5, 0.6) is 0 Å². The minimum Gasteiger partial charge on any atom is -0.464 e. The Morgan fingerprint density at radius 3 is 2.68 bits per heavy atom. The van der Waals surface area contributed by atoms with E-state index in [9.17, 15) is 4.79 Å². The summed E-state index contributed by atoms with van der Waals surface area (Å²) in [5.74, 6) is 1.67. The van der Waals surface area contributed by atoms with Crippen LogP contribution in [0.15, 0.2) is 59.2 Å². The highest BCUT2D eigenvalue weighted by Gasteiger charge is 2.28. The summed E-state index contributed by atoms with van der Waals surface area (Å²) in [6.45, 7) is 2.30. The number of nitrogens with one attached hydrogen (secondary N) is 1. The molecule has 4 aliphatic rings. The van der Waals surface area contributed by atoms with Gasteiger partial charge in [-0.2, -0.15) is 5.26 Å². The summed E-state index contributed by atoms with van der Waals surface area (Å²) in [5.41, 5.74) is 3.72. The standard InChI is InChI=1S/C29H33N3O2/c30-19-22-7-11-23(12-8-22)29(33)31-26-13-9-21(10-14-26)15-17-32-16-2-1-5-27(32)25-18-24-4-3-6-28(24)34-20-25/h3-4,6-8,11-12,18,20-21,26-27H,1-2,5,9-10,13-17H2,(H,31,33)/t21-,26-,27?. The fourth-order valence-electron chi connectivity index (χ4n) is 5.71. The summed E-state index contributed by atoms with van der Waals surface area (Å²) in [6.07, 6.45) is 11.4. The van der Waals surface area contributed by atoms with Crippen molar-refractivity contribution in [3.63, 3.8) is 0 Å². The third kappa shape index (κ3) is 5.18. The van der Waals surface area contributed by atoms with Crippen LogP contribution in [0, 0.1) is 17.2 Å². The van der Waals surface area contributed by atoms with E-state index in [2.05, 4.69) is 34.5 Å². The Hall–Kier alpha value is -3.10. The van der Waals surface area contributed by atoms with E-state index in [1.54, 1.807) is 24.3 Å². The van der Waals surface area contributed by atoms with Crippen molar-refractivity contribution in [2.75, 3.05) is 13.1 Å². The molecule has 2 fully saturated rings. The molecule has 0 bridgehead atoms. The SMILES string of the molecule is N#Cc1ccc(C(=O)N[C@H]2CC[C@H](CCN3CCCCC3c3coc4cccc-4c3)CC2)cc1. The van der Waals surface area contributed by atoms with E-state index in [0.717, 1.165) is 31.1 Å². The monoisotopic (exact) mass is 455 g/mol. The first kappa shape index (κ1) is 22.7. The molecule has 1 N–H and O–H groups in total. The van der Waals surface area contributed by atoms with E-state index in [0.29, 0.717) is 17.2 Å². The maximum atomic E-state index is 12.6. The lowest BCUT2D eigenvalue weighted by Gasteiger charge is -2.37. The molecule has 1 unspecified atom stereocenters. The number of amides is 1. The minimum absolute atomic E-state index is 0.0312. The van der Waals surface area contributed by atoms with Crippen LogP contribution in [0.1, 0.15) is 78.9 Å². The zero-order chi connectivity index (χ0) is 23.3. The zero-order valence-corrected chi connectivity index (χ0v) is 19.7. The average Bonchev–Trinajstić information content (AvgIpc) is 3.36. The Kier molecular flexibility index (Phi) is 6.97. The molecule has 1 aromatic rings. The number of hydrogen-bond donors (Lipinski definition) is 1. The smallest absolute Gasteiger partial charge is 0.251 e. The van der Waals surface area contributed by atoms with E-state index < -0.39 is 0 Å². The molecule has 0 radical (unpaired) electrons. The van der Waals surface area contributed by atoms with Gasteiger partial charge in [-0.15, -0.1) is 0 Å². The van der Waals surface area contributed by atoms with Gasteiger partial charge in [0, 0.05) is 28.8 Å². The Morgan fingerprint density at radius 2 is 1.88 bits per heavy atom. The molecular formula is C29H33N3O2. The molecule has 1 amide bonds. The molecule has 0 aromatic heterocycles. The van der Waals surface area contributed by atoms with Crippen molar-refractivity contribution in [1.82, 2.24) is 10.2 Å². The number of carbonyl (C=O) groups is 1. The Morgan fingerprint density at radius 1 is 1.06 bits per heavy atom. The van der Waals surface area contributed by atoms with Gasteiger partial charge in [0.2, 0.25) is 0 Å². The number of likely N-dealkylation sites (tertiary alicyclic amines) is 1. The normalized spacial score (nSPS) is 23.4. The van der Waals surface area contributed by atoms with E-state index >= 15 is 0 Å². The Balaban J connectivity index is 1.11. The highest BCUT2D eigenvalue weighted by Crippen LogP contribution is 2.36. The van der Waals surface area contributed by atoms with E-state index in [1.807, 2.05) is 12.3 Å². The van der Waals surface area contributed by atoms with Gasteiger partial charge in [0.25, 0.3) is 5.91 Å². The van der Waals surface area contributed by atoms with Crippen molar-refractivity contribution in [3.05, 3.63) is 71.5 Å². The summed E-state index contributed by atoms with van der Waals surface area (Å²) in [6, 6.07) is 18.2. The predicted octanol–water partition coefficient (Wildman–Crippen LogP) is 6.16. The van der Waals surface area contributed by atoms with Crippen LogP contribution in [-0.2, 0) is 0 Å². The van der Waals surface area contributed by atoms with Crippen molar-refractivity contribution in [2.24, 2.45) is 5.92 Å². The quantitative estimate of drug-likeness (QED) is 0.483. The van der Waals surface area contributed by atoms with Crippen molar-refractivity contribution in [2.45, 2.75) is 63.5 Å². The number of nitrogens with zero attached hydrogens (tertiary/aromatic N) is 2. The predicted molar refractivity (Wildman–Crippen MR) is 132 cm³/mol. The highest BCUT2D eigenvalue weighted by atomic mass is 16.3. The zero-order valence-electron chi connectivity index (χ0n) is 19.7. The highest BCUT2D eigenvalue weighted by molar-refractivity contribution is 5.94. The molecule has 1 saturated heterocycles. The number of benzene rings is 1. The molecule has 34 heavy (non-hydrogen) atoms. The molecular weight excluding hydrogens is 422 g/mol. The van der Waals surface area contributed by atoms with E-state index in [4.69, 9.17) is 9.68 Å².